The number of Topliss-reactive ketones (excluding diaryl/α,β-unsaturated/α-hetero) is 1. The third-order valence-electron chi connectivity index (χ3n) is 9.52. The zero-order valence-corrected chi connectivity index (χ0v) is 23.7. The Balaban J connectivity index is 0.00000158. The largest absolute Gasteiger partial charge is 0.381 e. The Bertz CT molecular complexity index is 1290. The maximum Gasteiger partial charge on any atom is 0.234 e. The lowest BCUT2D eigenvalue weighted by molar-refractivity contribution is -0.136. The molecule has 7 heteroatoms. The number of nitrogens with one attached hydrogen (secondary N) is 2. The van der Waals surface area contributed by atoms with Crippen LogP contribution in [-0.4, -0.2) is 36.7 Å². The van der Waals surface area contributed by atoms with E-state index in [1.54, 1.807) is 0 Å². The predicted molar refractivity (Wildman–Crippen MR) is 153 cm³/mol. The van der Waals surface area contributed by atoms with E-state index < -0.39 is 11.3 Å². The van der Waals surface area contributed by atoms with Crippen molar-refractivity contribution >= 4 is 29.2 Å². The topological polar surface area (TPSA) is 102 Å². The first-order chi connectivity index (χ1) is 19.4. The molecular formula is C33H40N2O5. The van der Waals surface area contributed by atoms with Gasteiger partial charge < -0.3 is 10.1 Å². The van der Waals surface area contributed by atoms with E-state index in [2.05, 4.69) is 17.6 Å². The first-order valence-corrected chi connectivity index (χ1v) is 14.9. The molecule has 1 spiro atoms. The number of fused-ring (bicyclic) bond motifs is 2. The SMILES string of the molecule is CC.CC[C@H](c1ccccc1)C(CC(=O)Nc1ccc2c(c1)C[C@@]13C(=O)NC(=O)C1CC23)C(=O)C1CCOCC1. The van der Waals surface area contributed by atoms with Crippen molar-refractivity contribution in [1.82, 2.24) is 5.32 Å². The maximum atomic E-state index is 13.8. The molecule has 2 aliphatic carbocycles. The van der Waals surface area contributed by atoms with Gasteiger partial charge in [-0.25, -0.2) is 0 Å². The Morgan fingerprint density at radius 3 is 2.45 bits per heavy atom. The molecule has 0 radical (unpaired) electrons. The van der Waals surface area contributed by atoms with Gasteiger partial charge in [-0.1, -0.05) is 57.2 Å². The third-order valence-corrected chi connectivity index (χ3v) is 9.52. The number of hydrogen-bond acceptors (Lipinski definition) is 5. The molecule has 1 saturated carbocycles. The number of ether oxygens (including phenoxy) is 1. The van der Waals surface area contributed by atoms with E-state index in [4.69, 9.17) is 4.74 Å². The van der Waals surface area contributed by atoms with Crippen LogP contribution in [0.15, 0.2) is 48.5 Å². The molecule has 0 bridgehead atoms. The highest BCUT2D eigenvalue weighted by atomic mass is 16.5. The predicted octanol–water partition coefficient (Wildman–Crippen LogP) is 5.15. The number of amides is 3. The molecule has 2 heterocycles. The first kappa shape index (κ1) is 28.2. The van der Waals surface area contributed by atoms with Crippen LogP contribution in [0.3, 0.4) is 0 Å². The first-order valence-electron chi connectivity index (χ1n) is 14.9. The van der Waals surface area contributed by atoms with Gasteiger partial charge in [0, 0.05) is 43.1 Å². The molecule has 2 aromatic carbocycles. The van der Waals surface area contributed by atoms with Gasteiger partial charge >= 0.3 is 0 Å². The molecule has 3 amide bonds. The number of carbonyl (C=O) groups excluding carboxylic acids is 4. The Morgan fingerprint density at radius 2 is 1.77 bits per heavy atom. The average molecular weight is 545 g/mol. The number of hydrogen-bond donors (Lipinski definition) is 2. The van der Waals surface area contributed by atoms with E-state index in [-0.39, 0.29) is 53.6 Å². The van der Waals surface area contributed by atoms with E-state index in [0.717, 1.165) is 23.1 Å². The fourth-order valence-corrected chi connectivity index (χ4v) is 7.52. The molecule has 7 nitrogen and oxygen atoms in total. The van der Waals surface area contributed by atoms with Crippen molar-refractivity contribution in [3.63, 3.8) is 0 Å². The van der Waals surface area contributed by atoms with Crippen LogP contribution in [0.4, 0.5) is 5.69 Å². The molecule has 3 unspecified atom stereocenters. The van der Waals surface area contributed by atoms with Gasteiger partial charge in [0.1, 0.15) is 5.78 Å². The summed E-state index contributed by atoms with van der Waals surface area (Å²) in [7, 11) is 0. The van der Waals surface area contributed by atoms with Crippen molar-refractivity contribution in [2.45, 2.75) is 71.1 Å². The molecule has 0 aromatic heterocycles. The number of rotatable bonds is 8. The van der Waals surface area contributed by atoms with Crippen molar-refractivity contribution in [2.75, 3.05) is 18.5 Å². The van der Waals surface area contributed by atoms with Gasteiger partial charge in [-0.3, -0.25) is 24.5 Å². The maximum absolute atomic E-state index is 13.8. The standard InChI is InChI=1S/C31H34N2O5.C2H6/c1-2-22(18-6-4-3-5-7-18)24(28(35)19-10-12-38-13-11-19)15-27(34)32-21-8-9-23-20(14-21)17-31-25(23)16-26(31)29(36)33-30(31)37;1-2/h3-9,14,19,22,24-26H,2,10-13,15-17H2,1H3,(H,32,34)(H,33,36,37);1-2H3/t22-,24?,25?,26?,31+;/m1./s1. The summed E-state index contributed by atoms with van der Waals surface area (Å²) in [4.78, 5) is 52.0. The van der Waals surface area contributed by atoms with Gasteiger partial charge in [0.2, 0.25) is 17.7 Å². The molecular weight excluding hydrogens is 504 g/mol. The van der Waals surface area contributed by atoms with Crippen LogP contribution in [0.5, 0.6) is 0 Å². The quantitative estimate of drug-likeness (QED) is 0.448. The number of carbonyl (C=O) groups is 4. The highest BCUT2D eigenvalue weighted by Gasteiger charge is 2.70. The molecule has 212 valence electrons. The summed E-state index contributed by atoms with van der Waals surface area (Å²) in [6.45, 7) is 7.24. The van der Waals surface area contributed by atoms with Gasteiger partial charge in [0.05, 0.1) is 11.3 Å². The Hall–Kier alpha value is -3.32. The van der Waals surface area contributed by atoms with Crippen LogP contribution in [0.1, 0.15) is 81.4 Å². The molecule has 4 aliphatic rings. The smallest absolute Gasteiger partial charge is 0.234 e. The lowest BCUT2D eigenvalue weighted by atomic mass is 9.54. The van der Waals surface area contributed by atoms with Gasteiger partial charge in [-0.05, 0) is 66.8 Å². The molecule has 2 N–H and O–H groups in total. The molecule has 2 aliphatic heterocycles. The van der Waals surface area contributed by atoms with Crippen LogP contribution in [0, 0.1) is 23.2 Å². The summed E-state index contributed by atoms with van der Waals surface area (Å²) in [6.07, 6.45) is 3.51. The van der Waals surface area contributed by atoms with E-state index in [0.29, 0.717) is 44.6 Å². The van der Waals surface area contributed by atoms with E-state index in [1.807, 2.05) is 62.4 Å². The lowest BCUT2D eigenvalue weighted by Crippen LogP contribution is -2.48. The number of anilines is 1. The van der Waals surface area contributed by atoms with Crippen LogP contribution < -0.4 is 10.6 Å². The summed E-state index contributed by atoms with van der Waals surface area (Å²) in [5.41, 5.74) is 3.22. The van der Waals surface area contributed by atoms with Crippen molar-refractivity contribution in [3.8, 4) is 0 Å². The molecule has 2 aromatic rings. The summed E-state index contributed by atoms with van der Waals surface area (Å²) < 4.78 is 5.48. The van der Waals surface area contributed by atoms with Gasteiger partial charge in [-0.15, -0.1) is 0 Å². The normalized spacial score (nSPS) is 26.2. The highest BCUT2D eigenvalue weighted by Crippen LogP contribution is 2.66. The van der Waals surface area contributed by atoms with Crippen LogP contribution in [0.25, 0.3) is 0 Å². The zero-order chi connectivity index (χ0) is 28.4. The molecule has 2 saturated heterocycles. The second-order valence-electron chi connectivity index (χ2n) is 11.4. The van der Waals surface area contributed by atoms with E-state index in [1.165, 1.54) is 0 Å². The van der Waals surface area contributed by atoms with Crippen LogP contribution >= 0.6 is 0 Å². The van der Waals surface area contributed by atoms with Crippen LogP contribution in [-0.2, 0) is 30.3 Å². The van der Waals surface area contributed by atoms with Gasteiger partial charge in [-0.2, -0.15) is 0 Å². The Morgan fingerprint density at radius 1 is 1.05 bits per heavy atom. The van der Waals surface area contributed by atoms with E-state index in [9.17, 15) is 19.2 Å². The zero-order valence-electron chi connectivity index (χ0n) is 23.7. The molecule has 6 rings (SSSR count). The minimum Gasteiger partial charge on any atom is -0.381 e. The second-order valence-corrected chi connectivity index (χ2v) is 11.4. The van der Waals surface area contributed by atoms with Crippen molar-refractivity contribution < 1.29 is 23.9 Å². The van der Waals surface area contributed by atoms with Gasteiger partial charge in [0.25, 0.3) is 0 Å². The Labute approximate surface area is 236 Å². The third kappa shape index (κ3) is 4.78. The minimum absolute atomic E-state index is 0.0395. The van der Waals surface area contributed by atoms with Crippen molar-refractivity contribution in [2.24, 2.45) is 23.2 Å². The van der Waals surface area contributed by atoms with Gasteiger partial charge in [0.15, 0.2) is 0 Å². The summed E-state index contributed by atoms with van der Waals surface area (Å²) in [5.74, 6) is -1.05. The van der Waals surface area contributed by atoms with E-state index >= 15 is 0 Å². The molecule has 5 atom stereocenters. The Kier molecular flexibility index (Phi) is 8.22. The van der Waals surface area contributed by atoms with Crippen molar-refractivity contribution in [3.05, 3.63) is 65.2 Å². The molecule has 40 heavy (non-hydrogen) atoms. The summed E-state index contributed by atoms with van der Waals surface area (Å²) in [5, 5.41) is 5.56. The summed E-state index contributed by atoms with van der Waals surface area (Å²) in [6, 6.07) is 15.8. The minimum atomic E-state index is -0.646. The van der Waals surface area contributed by atoms with Crippen molar-refractivity contribution in [1.29, 1.82) is 0 Å². The number of benzene rings is 2. The van der Waals surface area contributed by atoms with Crippen LogP contribution in [0.2, 0.25) is 0 Å². The fourth-order valence-electron chi connectivity index (χ4n) is 7.52. The number of ketones is 1. The molecule has 3 fully saturated rings. The highest BCUT2D eigenvalue weighted by molar-refractivity contribution is 6.10. The number of imide groups is 1. The average Bonchev–Trinajstić information content (AvgIpc) is 3.32. The second kappa shape index (κ2) is 11.7. The monoisotopic (exact) mass is 544 g/mol. The lowest BCUT2D eigenvalue weighted by Gasteiger charge is -2.44. The summed E-state index contributed by atoms with van der Waals surface area (Å²) >= 11 is 0. The fraction of sp³-hybridized carbons (Fsp3) is 0.515.